The monoisotopic (exact) mass is 276 g/mol. The van der Waals surface area contributed by atoms with Crippen LogP contribution in [-0.2, 0) is 0 Å². The van der Waals surface area contributed by atoms with Crippen molar-refractivity contribution in [1.82, 2.24) is 0 Å². The van der Waals surface area contributed by atoms with E-state index in [1.54, 1.807) is 20.3 Å². The van der Waals surface area contributed by atoms with Crippen LogP contribution in [0, 0.1) is 5.92 Å². The van der Waals surface area contributed by atoms with Gasteiger partial charge in [0.15, 0.2) is 5.78 Å². The third-order valence-corrected chi connectivity index (χ3v) is 4.12. The number of hydrogen-bond donors (Lipinski definition) is 0. The second-order valence-electron chi connectivity index (χ2n) is 5.59. The number of methoxy groups -OCH3 is 2. The second-order valence-corrected chi connectivity index (χ2v) is 5.59. The molecule has 0 amide bonds. The van der Waals surface area contributed by atoms with Crippen LogP contribution in [0.3, 0.4) is 0 Å². The number of benzene rings is 1. The highest BCUT2D eigenvalue weighted by Gasteiger charge is 2.18. The van der Waals surface area contributed by atoms with Crippen LogP contribution in [0.4, 0.5) is 0 Å². The van der Waals surface area contributed by atoms with Gasteiger partial charge in [0.2, 0.25) is 0 Å². The maximum absolute atomic E-state index is 12.5. The molecule has 1 aromatic carbocycles. The predicted molar refractivity (Wildman–Crippen MR) is 79.7 cm³/mol. The molecular formula is C17H24O3. The number of rotatable bonds is 5. The van der Waals surface area contributed by atoms with Crippen molar-refractivity contribution in [3.05, 3.63) is 23.8 Å². The molecule has 0 spiro atoms. The Labute approximate surface area is 121 Å². The molecule has 3 heteroatoms. The quantitative estimate of drug-likeness (QED) is 0.596. The summed E-state index contributed by atoms with van der Waals surface area (Å²) in [6.45, 7) is 0. The first-order valence-electron chi connectivity index (χ1n) is 7.49. The van der Waals surface area contributed by atoms with Crippen molar-refractivity contribution in [2.24, 2.45) is 5.92 Å². The van der Waals surface area contributed by atoms with Crippen molar-refractivity contribution in [1.29, 1.82) is 0 Å². The Morgan fingerprint density at radius 1 is 1.00 bits per heavy atom. The zero-order valence-electron chi connectivity index (χ0n) is 12.5. The Morgan fingerprint density at radius 3 is 2.05 bits per heavy atom. The fourth-order valence-electron chi connectivity index (χ4n) is 2.92. The molecular weight excluding hydrogens is 252 g/mol. The van der Waals surface area contributed by atoms with E-state index >= 15 is 0 Å². The molecule has 0 aromatic heterocycles. The molecule has 0 radical (unpaired) electrons. The summed E-state index contributed by atoms with van der Waals surface area (Å²) in [6.07, 6.45) is 8.18. The third kappa shape index (κ3) is 3.99. The lowest BCUT2D eigenvalue weighted by atomic mass is 9.92. The fourth-order valence-corrected chi connectivity index (χ4v) is 2.92. The van der Waals surface area contributed by atoms with E-state index in [1.165, 1.54) is 38.5 Å². The van der Waals surface area contributed by atoms with Gasteiger partial charge in [-0.15, -0.1) is 0 Å². The topological polar surface area (TPSA) is 35.5 Å². The smallest absolute Gasteiger partial charge is 0.163 e. The molecule has 0 heterocycles. The maximum atomic E-state index is 12.5. The summed E-state index contributed by atoms with van der Waals surface area (Å²) in [5.41, 5.74) is 0.699. The fraction of sp³-hybridized carbons (Fsp3) is 0.588. The van der Waals surface area contributed by atoms with E-state index in [4.69, 9.17) is 9.47 Å². The normalized spacial score (nSPS) is 16.5. The van der Waals surface area contributed by atoms with Gasteiger partial charge in [0.25, 0.3) is 0 Å². The molecule has 0 bridgehead atoms. The number of Topliss-reactive ketones (excluding diaryl/α,β-unsaturated/α-hetero) is 1. The minimum atomic E-state index is 0.203. The van der Waals surface area contributed by atoms with Crippen LogP contribution in [0.2, 0.25) is 0 Å². The summed E-state index contributed by atoms with van der Waals surface area (Å²) >= 11 is 0. The Hall–Kier alpha value is -1.51. The van der Waals surface area contributed by atoms with Gasteiger partial charge in [-0.25, -0.2) is 0 Å². The molecule has 3 nitrogen and oxygen atoms in total. The van der Waals surface area contributed by atoms with Crippen molar-refractivity contribution in [2.75, 3.05) is 14.2 Å². The Bertz CT molecular complexity index is 423. The van der Waals surface area contributed by atoms with Gasteiger partial charge >= 0.3 is 0 Å². The van der Waals surface area contributed by atoms with Crippen molar-refractivity contribution >= 4 is 5.78 Å². The number of hydrogen-bond acceptors (Lipinski definition) is 3. The summed E-state index contributed by atoms with van der Waals surface area (Å²) in [5, 5.41) is 0. The summed E-state index contributed by atoms with van der Waals surface area (Å²) in [7, 11) is 3.21. The highest BCUT2D eigenvalue weighted by Crippen LogP contribution is 2.29. The van der Waals surface area contributed by atoms with Gasteiger partial charge in [0.05, 0.1) is 14.2 Å². The van der Waals surface area contributed by atoms with E-state index in [0.717, 1.165) is 0 Å². The standard InChI is InChI=1S/C17H24O3/c1-19-15-10-14(11-16(12-15)20-2)17(18)9-13-7-5-3-4-6-8-13/h10-13H,3-9H2,1-2H3. The van der Waals surface area contributed by atoms with Gasteiger partial charge in [-0.05, 0) is 18.1 Å². The van der Waals surface area contributed by atoms with Crippen LogP contribution in [0.15, 0.2) is 18.2 Å². The van der Waals surface area contributed by atoms with Crippen LogP contribution in [-0.4, -0.2) is 20.0 Å². The molecule has 20 heavy (non-hydrogen) atoms. The van der Waals surface area contributed by atoms with E-state index < -0.39 is 0 Å². The van der Waals surface area contributed by atoms with Gasteiger partial charge in [0, 0.05) is 18.1 Å². The molecule has 2 rings (SSSR count). The van der Waals surface area contributed by atoms with Crippen LogP contribution in [0.5, 0.6) is 11.5 Å². The molecule has 0 saturated heterocycles. The number of carbonyl (C=O) groups excluding carboxylic acids is 1. The zero-order valence-corrected chi connectivity index (χ0v) is 12.5. The van der Waals surface area contributed by atoms with Gasteiger partial charge < -0.3 is 9.47 Å². The molecule has 0 unspecified atom stereocenters. The van der Waals surface area contributed by atoms with E-state index in [0.29, 0.717) is 29.4 Å². The third-order valence-electron chi connectivity index (χ3n) is 4.12. The van der Waals surface area contributed by atoms with Gasteiger partial charge in [0.1, 0.15) is 11.5 Å². The predicted octanol–water partition coefficient (Wildman–Crippen LogP) is 4.25. The van der Waals surface area contributed by atoms with E-state index in [-0.39, 0.29) is 5.78 Å². The molecule has 0 atom stereocenters. The van der Waals surface area contributed by atoms with E-state index in [1.807, 2.05) is 12.1 Å². The molecule has 1 fully saturated rings. The lowest BCUT2D eigenvalue weighted by molar-refractivity contribution is 0.0956. The van der Waals surface area contributed by atoms with Crippen LogP contribution in [0.1, 0.15) is 55.3 Å². The second kappa shape index (κ2) is 7.32. The summed E-state index contributed by atoms with van der Waals surface area (Å²) in [5.74, 6) is 2.10. The highest BCUT2D eigenvalue weighted by molar-refractivity contribution is 5.97. The van der Waals surface area contributed by atoms with Crippen molar-refractivity contribution in [2.45, 2.75) is 44.9 Å². The summed E-state index contributed by atoms with van der Waals surface area (Å²) in [4.78, 5) is 12.5. The average molecular weight is 276 g/mol. The molecule has 1 aliphatic rings. The first kappa shape index (κ1) is 14.9. The van der Waals surface area contributed by atoms with E-state index in [2.05, 4.69) is 0 Å². The molecule has 1 aliphatic carbocycles. The van der Waals surface area contributed by atoms with Crippen molar-refractivity contribution < 1.29 is 14.3 Å². The lowest BCUT2D eigenvalue weighted by Crippen LogP contribution is -2.09. The summed E-state index contributed by atoms with van der Waals surface area (Å²) < 4.78 is 10.5. The Kier molecular flexibility index (Phi) is 5.45. The first-order valence-corrected chi connectivity index (χ1v) is 7.49. The molecule has 0 N–H and O–H groups in total. The minimum Gasteiger partial charge on any atom is -0.497 e. The largest absolute Gasteiger partial charge is 0.497 e. The number of carbonyl (C=O) groups is 1. The average Bonchev–Trinajstić information content (AvgIpc) is 2.75. The summed E-state index contributed by atoms with van der Waals surface area (Å²) in [6, 6.07) is 5.41. The van der Waals surface area contributed by atoms with Gasteiger partial charge in [-0.2, -0.15) is 0 Å². The first-order chi connectivity index (χ1) is 9.72. The molecule has 1 aromatic rings. The Balaban J connectivity index is 2.07. The van der Waals surface area contributed by atoms with Crippen LogP contribution >= 0.6 is 0 Å². The van der Waals surface area contributed by atoms with Gasteiger partial charge in [-0.3, -0.25) is 4.79 Å². The minimum absolute atomic E-state index is 0.203. The van der Waals surface area contributed by atoms with Crippen LogP contribution < -0.4 is 9.47 Å². The molecule has 0 aliphatic heterocycles. The van der Waals surface area contributed by atoms with E-state index in [9.17, 15) is 4.79 Å². The Morgan fingerprint density at radius 2 is 1.55 bits per heavy atom. The van der Waals surface area contributed by atoms with Crippen molar-refractivity contribution in [3.63, 3.8) is 0 Å². The molecule has 1 saturated carbocycles. The zero-order chi connectivity index (χ0) is 14.4. The highest BCUT2D eigenvalue weighted by atomic mass is 16.5. The lowest BCUT2D eigenvalue weighted by Gasteiger charge is -2.14. The van der Waals surface area contributed by atoms with Crippen LogP contribution in [0.25, 0.3) is 0 Å². The molecule has 110 valence electrons. The number of ketones is 1. The maximum Gasteiger partial charge on any atom is 0.163 e. The number of ether oxygens (including phenoxy) is 2. The van der Waals surface area contributed by atoms with Gasteiger partial charge in [-0.1, -0.05) is 38.5 Å². The SMILES string of the molecule is COc1cc(OC)cc(C(=O)CC2CCCCCC2)c1. The van der Waals surface area contributed by atoms with Crippen molar-refractivity contribution in [3.8, 4) is 11.5 Å².